The van der Waals surface area contributed by atoms with Gasteiger partial charge >= 0.3 is 18.2 Å². The molecular formula is C32H47N3O9. The van der Waals surface area contributed by atoms with Crippen LogP contribution in [-0.2, 0) is 27.1 Å². The van der Waals surface area contributed by atoms with Gasteiger partial charge in [0.1, 0.15) is 17.0 Å². The number of alkyl carbamates (subject to hydrolysis) is 2. The zero-order valence-electron chi connectivity index (χ0n) is 26.3. The summed E-state index contributed by atoms with van der Waals surface area (Å²) in [7, 11) is 0. The van der Waals surface area contributed by atoms with E-state index in [1.165, 1.54) is 0 Å². The van der Waals surface area contributed by atoms with Crippen molar-refractivity contribution in [2.75, 3.05) is 19.7 Å². The molecule has 2 rings (SSSR count). The van der Waals surface area contributed by atoms with E-state index in [1.54, 1.807) is 65.8 Å². The lowest BCUT2D eigenvalue weighted by Crippen LogP contribution is -2.53. The predicted molar refractivity (Wildman–Crippen MR) is 165 cm³/mol. The minimum Gasteiger partial charge on any atom is -0.482 e. The lowest BCUT2D eigenvalue weighted by molar-refractivity contribution is -0.139. The summed E-state index contributed by atoms with van der Waals surface area (Å²) in [5.74, 6) is -0.725. The number of carboxylic acid groups (broad SMARTS) is 1. The summed E-state index contributed by atoms with van der Waals surface area (Å²) in [5.41, 5.74) is 0.197. The topological polar surface area (TPSA) is 176 Å². The standard InChI is InChI=1S/C32H47N3O9/c1-31(2,3)43-29(40)34-24(16-21-10-8-7-9-11-21)26(36)18-33-19-27(37)25(35-30(41)44-32(4,5)6)17-22-12-14-23(15-13-22)42-20-28(38)39/h7-15,24-27,33,36-37H,16-20H2,1-6H3,(H,34,40)(H,35,41)(H,38,39)/t24-,25-,26+,27+/m0/s1. The molecule has 0 spiro atoms. The summed E-state index contributed by atoms with van der Waals surface area (Å²) in [6.07, 6.45) is -2.91. The number of carboxylic acids is 1. The van der Waals surface area contributed by atoms with Gasteiger partial charge in [-0.3, -0.25) is 0 Å². The Morgan fingerprint density at radius 3 is 1.55 bits per heavy atom. The fourth-order valence-corrected chi connectivity index (χ4v) is 4.14. The van der Waals surface area contributed by atoms with Crippen molar-refractivity contribution in [3.8, 4) is 5.75 Å². The van der Waals surface area contributed by atoms with Gasteiger partial charge in [-0.25, -0.2) is 14.4 Å². The first kappa shape index (κ1) is 36.3. The number of hydrogen-bond donors (Lipinski definition) is 6. The lowest BCUT2D eigenvalue weighted by Gasteiger charge is -2.29. The minimum absolute atomic E-state index is 0.00181. The highest BCUT2D eigenvalue weighted by Gasteiger charge is 2.27. The molecule has 4 atom stereocenters. The van der Waals surface area contributed by atoms with E-state index >= 15 is 0 Å². The number of carbonyl (C=O) groups is 3. The molecule has 0 bridgehead atoms. The smallest absolute Gasteiger partial charge is 0.407 e. The summed E-state index contributed by atoms with van der Waals surface area (Å²) in [4.78, 5) is 35.8. The van der Waals surface area contributed by atoms with Crippen LogP contribution in [0.5, 0.6) is 5.75 Å². The van der Waals surface area contributed by atoms with Crippen LogP contribution in [0, 0.1) is 0 Å². The highest BCUT2D eigenvalue weighted by Crippen LogP contribution is 2.16. The molecule has 12 nitrogen and oxygen atoms in total. The number of aliphatic hydroxyl groups is 2. The quantitative estimate of drug-likeness (QED) is 0.174. The van der Waals surface area contributed by atoms with Crippen LogP contribution in [0.15, 0.2) is 54.6 Å². The molecule has 0 aromatic heterocycles. The predicted octanol–water partition coefficient (Wildman–Crippen LogP) is 3.03. The van der Waals surface area contributed by atoms with Crippen molar-refractivity contribution >= 4 is 18.2 Å². The van der Waals surface area contributed by atoms with Gasteiger partial charge in [-0.15, -0.1) is 0 Å². The molecule has 0 aliphatic heterocycles. The van der Waals surface area contributed by atoms with Crippen LogP contribution < -0.4 is 20.7 Å². The van der Waals surface area contributed by atoms with Crippen LogP contribution >= 0.6 is 0 Å². The van der Waals surface area contributed by atoms with Crippen LogP contribution in [0.4, 0.5) is 9.59 Å². The van der Waals surface area contributed by atoms with Crippen molar-refractivity contribution in [2.45, 2.75) is 89.9 Å². The summed E-state index contributed by atoms with van der Waals surface area (Å²) in [6.45, 7) is 10.00. The van der Waals surface area contributed by atoms with E-state index in [0.717, 1.165) is 11.1 Å². The Kier molecular flexibility index (Phi) is 13.9. The highest BCUT2D eigenvalue weighted by molar-refractivity contribution is 5.69. The van der Waals surface area contributed by atoms with Gasteiger partial charge < -0.3 is 45.5 Å². The number of hydrogen-bond acceptors (Lipinski definition) is 9. The molecule has 6 N–H and O–H groups in total. The van der Waals surface area contributed by atoms with Gasteiger partial charge in [0.2, 0.25) is 0 Å². The van der Waals surface area contributed by atoms with E-state index in [-0.39, 0.29) is 19.5 Å². The molecule has 0 saturated heterocycles. The summed E-state index contributed by atoms with van der Waals surface area (Å²) < 4.78 is 15.9. The van der Waals surface area contributed by atoms with E-state index in [0.29, 0.717) is 12.2 Å². The number of aliphatic carboxylic acids is 1. The fourth-order valence-electron chi connectivity index (χ4n) is 4.14. The van der Waals surface area contributed by atoms with Crippen molar-refractivity contribution in [1.82, 2.24) is 16.0 Å². The van der Waals surface area contributed by atoms with Gasteiger partial charge in [0.15, 0.2) is 6.61 Å². The first-order chi connectivity index (χ1) is 20.5. The molecule has 0 aliphatic rings. The monoisotopic (exact) mass is 617 g/mol. The number of carbonyl (C=O) groups excluding carboxylic acids is 2. The van der Waals surface area contributed by atoms with Gasteiger partial charge in [-0.1, -0.05) is 42.5 Å². The van der Waals surface area contributed by atoms with Crippen molar-refractivity contribution < 1.29 is 43.9 Å². The molecule has 0 saturated carbocycles. The second-order valence-electron chi connectivity index (χ2n) is 12.5. The molecule has 2 aromatic carbocycles. The number of benzene rings is 2. The maximum Gasteiger partial charge on any atom is 0.407 e. The number of rotatable bonds is 15. The Labute approximate surface area is 259 Å². The van der Waals surface area contributed by atoms with Crippen molar-refractivity contribution in [3.63, 3.8) is 0 Å². The molecule has 12 heteroatoms. The molecule has 244 valence electrons. The number of nitrogens with one attached hydrogen (secondary N) is 3. The Hall–Kier alpha value is -3.87. The number of amides is 2. The maximum atomic E-state index is 12.6. The van der Waals surface area contributed by atoms with Crippen LogP contribution in [-0.4, -0.2) is 88.7 Å². The third kappa shape index (κ3) is 15.0. The summed E-state index contributed by atoms with van der Waals surface area (Å²) in [6, 6.07) is 14.6. The average molecular weight is 618 g/mol. The molecule has 0 fully saturated rings. The molecule has 0 radical (unpaired) electrons. The first-order valence-corrected chi connectivity index (χ1v) is 14.5. The molecule has 0 heterocycles. The van der Waals surface area contributed by atoms with E-state index in [4.69, 9.17) is 19.3 Å². The zero-order chi connectivity index (χ0) is 32.9. The van der Waals surface area contributed by atoms with E-state index < -0.39 is 60.3 Å². The van der Waals surface area contributed by atoms with E-state index in [9.17, 15) is 24.6 Å². The SMILES string of the molecule is CC(C)(C)OC(=O)N[C@@H](Cc1ccccc1)[C@H](O)CNC[C@@H](O)[C@H](Cc1ccc(OCC(=O)O)cc1)NC(=O)OC(C)(C)C. The Bertz CT molecular complexity index is 1180. The van der Waals surface area contributed by atoms with Crippen molar-refractivity contribution in [3.05, 3.63) is 65.7 Å². The summed E-state index contributed by atoms with van der Waals surface area (Å²) >= 11 is 0. The average Bonchev–Trinajstić information content (AvgIpc) is 2.90. The van der Waals surface area contributed by atoms with Crippen molar-refractivity contribution in [2.24, 2.45) is 0 Å². The molecule has 44 heavy (non-hydrogen) atoms. The Balaban J connectivity index is 2.07. The van der Waals surface area contributed by atoms with Crippen LogP contribution in [0.3, 0.4) is 0 Å². The van der Waals surface area contributed by atoms with Gasteiger partial charge in [-0.2, -0.15) is 0 Å². The van der Waals surface area contributed by atoms with Crippen LogP contribution in [0.2, 0.25) is 0 Å². The highest BCUT2D eigenvalue weighted by atomic mass is 16.6. The van der Waals surface area contributed by atoms with Gasteiger partial charge in [-0.05, 0) is 77.6 Å². The van der Waals surface area contributed by atoms with Gasteiger partial charge in [0.25, 0.3) is 0 Å². The number of ether oxygens (including phenoxy) is 3. The zero-order valence-corrected chi connectivity index (χ0v) is 26.3. The van der Waals surface area contributed by atoms with E-state index in [1.807, 2.05) is 30.3 Å². The number of aliphatic hydroxyl groups excluding tert-OH is 2. The largest absolute Gasteiger partial charge is 0.482 e. The summed E-state index contributed by atoms with van der Waals surface area (Å²) in [5, 5.41) is 39.4. The Morgan fingerprint density at radius 1 is 0.705 bits per heavy atom. The normalized spacial score (nSPS) is 14.5. The van der Waals surface area contributed by atoms with Gasteiger partial charge in [0.05, 0.1) is 24.3 Å². The van der Waals surface area contributed by atoms with Crippen LogP contribution in [0.25, 0.3) is 0 Å². The first-order valence-electron chi connectivity index (χ1n) is 14.5. The molecule has 0 unspecified atom stereocenters. The molecular weight excluding hydrogens is 570 g/mol. The molecule has 0 aliphatic carbocycles. The minimum atomic E-state index is -1.09. The molecule has 2 aromatic rings. The second kappa shape index (κ2) is 16.8. The third-order valence-electron chi connectivity index (χ3n) is 6.08. The fraction of sp³-hybridized carbons (Fsp3) is 0.531. The van der Waals surface area contributed by atoms with Crippen molar-refractivity contribution in [1.29, 1.82) is 0 Å². The van der Waals surface area contributed by atoms with E-state index in [2.05, 4.69) is 16.0 Å². The Morgan fingerprint density at radius 2 is 1.14 bits per heavy atom. The third-order valence-corrected chi connectivity index (χ3v) is 6.08. The maximum absolute atomic E-state index is 12.6. The molecule has 2 amide bonds. The second-order valence-corrected chi connectivity index (χ2v) is 12.5. The van der Waals surface area contributed by atoms with Gasteiger partial charge in [0, 0.05) is 13.1 Å². The lowest BCUT2D eigenvalue weighted by atomic mass is 10.00. The van der Waals surface area contributed by atoms with Crippen LogP contribution in [0.1, 0.15) is 52.7 Å².